The lowest BCUT2D eigenvalue weighted by Crippen LogP contribution is -2.36. The molecule has 1 aliphatic carbocycles. The second-order valence-corrected chi connectivity index (χ2v) is 7.04. The van der Waals surface area contributed by atoms with Gasteiger partial charge in [0.25, 0.3) is 0 Å². The molecule has 1 aromatic carbocycles. The molecular formula is C20H18ClN2O2+. The van der Waals surface area contributed by atoms with Gasteiger partial charge >= 0.3 is 0 Å². The number of ketones is 2. The normalized spacial score (nSPS) is 16.9. The maximum absolute atomic E-state index is 13.0. The quantitative estimate of drug-likeness (QED) is 0.676. The van der Waals surface area contributed by atoms with Crippen molar-refractivity contribution in [3.63, 3.8) is 0 Å². The maximum Gasteiger partial charge on any atom is 0.206 e. The molecule has 2 aromatic heterocycles. The minimum absolute atomic E-state index is 0.111. The van der Waals surface area contributed by atoms with Crippen LogP contribution in [0.3, 0.4) is 0 Å². The third-order valence-corrected chi connectivity index (χ3v) is 5.02. The predicted molar refractivity (Wildman–Crippen MR) is 96.0 cm³/mol. The van der Waals surface area contributed by atoms with Gasteiger partial charge in [0.05, 0.1) is 16.9 Å². The first-order chi connectivity index (χ1) is 12.0. The molecule has 1 atom stereocenters. The van der Waals surface area contributed by atoms with Gasteiger partial charge in [-0.15, -0.1) is 0 Å². The summed E-state index contributed by atoms with van der Waals surface area (Å²) in [5.41, 5.74) is 2.80. The van der Waals surface area contributed by atoms with Crippen molar-refractivity contribution in [3.8, 4) is 0 Å². The standard InChI is InChI=1S/C20H18ClN2O2/c1-13(24)11-22-8-7-18-15(12-22)6-9-23(18)19-5-3-14-2-4-16(21)10-17(14)20(19)25/h2,4,6-10,12,19H,3,5,11H2,1H3/q+1. The summed E-state index contributed by atoms with van der Waals surface area (Å²) in [5, 5.41) is 1.61. The molecule has 126 valence electrons. The zero-order chi connectivity index (χ0) is 17.6. The second kappa shape index (κ2) is 6.12. The predicted octanol–water partition coefficient (Wildman–Crippen LogP) is 3.54. The summed E-state index contributed by atoms with van der Waals surface area (Å²) in [7, 11) is 0. The van der Waals surface area contributed by atoms with E-state index in [-0.39, 0.29) is 17.6 Å². The van der Waals surface area contributed by atoms with Crippen LogP contribution in [0, 0.1) is 0 Å². The van der Waals surface area contributed by atoms with Crippen LogP contribution in [0.4, 0.5) is 0 Å². The number of nitrogens with zero attached hydrogens (tertiary/aromatic N) is 2. The Morgan fingerprint density at radius 2 is 2.16 bits per heavy atom. The van der Waals surface area contributed by atoms with Crippen molar-refractivity contribution >= 4 is 34.1 Å². The average molecular weight is 354 g/mol. The third kappa shape index (κ3) is 2.87. The Labute approximate surface area is 150 Å². The van der Waals surface area contributed by atoms with E-state index in [1.807, 2.05) is 52.0 Å². The molecule has 5 heteroatoms. The lowest BCUT2D eigenvalue weighted by Gasteiger charge is -2.25. The highest BCUT2D eigenvalue weighted by molar-refractivity contribution is 6.31. The highest BCUT2D eigenvalue weighted by Crippen LogP contribution is 2.32. The first kappa shape index (κ1) is 16.0. The highest BCUT2D eigenvalue weighted by Gasteiger charge is 2.29. The molecule has 25 heavy (non-hydrogen) atoms. The van der Waals surface area contributed by atoms with E-state index in [2.05, 4.69) is 0 Å². The maximum atomic E-state index is 13.0. The number of aromatic nitrogens is 2. The average Bonchev–Trinajstić information content (AvgIpc) is 2.98. The number of pyridine rings is 1. The number of halogens is 1. The number of hydrogen-bond donors (Lipinski definition) is 0. The fourth-order valence-electron chi connectivity index (χ4n) is 3.65. The Balaban J connectivity index is 1.73. The molecular weight excluding hydrogens is 336 g/mol. The van der Waals surface area contributed by atoms with E-state index >= 15 is 0 Å². The van der Waals surface area contributed by atoms with E-state index in [4.69, 9.17) is 11.6 Å². The van der Waals surface area contributed by atoms with Crippen molar-refractivity contribution in [1.29, 1.82) is 0 Å². The molecule has 1 aliphatic rings. The minimum atomic E-state index is -0.216. The molecule has 1 unspecified atom stereocenters. The monoisotopic (exact) mass is 353 g/mol. The summed E-state index contributed by atoms with van der Waals surface area (Å²) in [4.78, 5) is 24.3. The van der Waals surface area contributed by atoms with Gasteiger partial charge in [0.15, 0.2) is 24.0 Å². The molecule has 0 saturated carbocycles. The zero-order valence-corrected chi connectivity index (χ0v) is 14.7. The van der Waals surface area contributed by atoms with E-state index in [1.165, 1.54) is 0 Å². The van der Waals surface area contributed by atoms with Gasteiger partial charge in [0.1, 0.15) is 0 Å². The minimum Gasteiger partial charge on any atom is -0.336 e. The Morgan fingerprint density at radius 1 is 1.32 bits per heavy atom. The number of carbonyl (C=O) groups is 2. The van der Waals surface area contributed by atoms with Crippen LogP contribution in [0.1, 0.15) is 35.3 Å². The molecule has 0 fully saturated rings. The van der Waals surface area contributed by atoms with Gasteiger partial charge in [-0.1, -0.05) is 17.7 Å². The van der Waals surface area contributed by atoms with Crippen molar-refractivity contribution in [2.75, 3.05) is 0 Å². The molecule has 0 saturated heterocycles. The van der Waals surface area contributed by atoms with Gasteiger partial charge in [0.2, 0.25) is 6.54 Å². The van der Waals surface area contributed by atoms with Crippen LogP contribution in [0.2, 0.25) is 5.02 Å². The number of hydrogen-bond acceptors (Lipinski definition) is 2. The molecule has 4 rings (SSSR count). The molecule has 0 amide bonds. The van der Waals surface area contributed by atoms with Gasteiger partial charge in [-0.2, -0.15) is 4.57 Å². The van der Waals surface area contributed by atoms with Gasteiger partial charge < -0.3 is 4.57 Å². The molecule has 4 nitrogen and oxygen atoms in total. The van der Waals surface area contributed by atoms with Gasteiger partial charge in [-0.25, -0.2) is 0 Å². The molecule has 0 radical (unpaired) electrons. The van der Waals surface area contributed by atoms with Crippen molar-refractivity contribution < 1.29 is 14.2 Å². The summed E-state index contributed by atoms with van der Waals surface area (Å²) in [6.45, 7) is 1.93. The number of benzene rings is 1. The van der Waals surface area contributed by atoms with Crippen molar-refractivity contribution in [3.05, 3.63) is 65.1 Å². The number of Topliss-reactive ketones (excluding diaryl/α,β-unsaturated/α-hetero) is 2. The zero-order valence-electron chi connectivity index (χ0n) is 13.9. The Hall–Kier alpha value is -2.46. The van der Waals surface area contributed by atoms with Crippen LogP contribution in [0.25, 0.3) is 10.9 Å². The van der Waals surface area contributed by atoms with E-state index in [0.717, 1.165) is 34.9 Å². The lowest BCUT2D eigenvalue weighted by atomic mass is 9.87. The first-order valence-corrected chi connectivity index (χ1v) is 8.72. The van der Waals surface area contributed by atoms with Gasteiger partial charge in [-0.05, 0) is 36.6 Å². The van der Waals surface area contributed by atoms with E-state index < -0.39 is 0 Å². The van der Waals surface area contributed by atoms with Gasteiger partial charge in [-0.3, -0.25) is 9.59 Å². The summed E-state index contributed by atoms with van der Waals surface area (Å²) in [6, 6.07) is 9.31. The van der Waals surface area contributed by atoms with Crippen LogP contribution < -0.4 is 4.57 Å². The second-order valence-electron chi connectivity index (χ2n) is 6.60. The molecule has 3 aromatic rings. The Kier molecular flexibility index (Phi) is 3.92. The first-order valence-electron chi connectivity index (χ1n) is 8.34. The Morgan fingerprint density at radius 3 is 2.96 bits per heavy atom. The van der Waals surface area contributed by atoms with Crippen molar-refractivity contribution in [1.82, 2.24) is 4.57 Å². The lowest BCUT2D eigenvalue weighted by molar-refractivity contribution is -0.682. The number of carbonyl (C=O) groups excluding carboxylic acids is 2. The van der Waals surface area contributed by atoms with Crippen LogP contribution >= 0.6 is 11.6 Å². The van der Waals surface area contributed by atoms with Crippen LogP contribution in [0.15, 0.2) is 48.9 Å². The Bertz CT molecular complexity index is 1010. The summed E-state index contributed by atoms with van der Waals surface area (Å²) >= 11 is 6.08. The smallest absolute Gasteiger partial charge is 0.206 e. The van der Waals surface area contributed by atoms with Crippen molar-refractivity contribution in [2.45, 2.75) is 32.4 Å². The number of rotatable bonds is 3. The van der Waals surface area contributed by atoms with Crippen LogP contribution in [-0.4, -0.2) is 16.1 Å². The summed E-state index contributed by atoms with van der Waals surface area (Å²) in [5.74, 6) is 0.224. The van der Waals surface area contributed by atoms with E-state index in [1.54, 1.807) is 13.0 Å². The van der Waals surface area contributed by atoms with Crippen LogP contribution in [0.5, 0.6) is 0 Å². The molecule has 0 aliphatic heterocycles. The topological polar surface area (TPSA) is 43.0 Å². The van der Waals surface area contributed by atoms with E-state index in [0.29, 0.717) is 11.6 Å². The number of aryl methyl sites for hydroxylation is 1. The summed E-state index contributed by atoms with van der Waals surface area (Å²) < 4.78 is 3.91. The molecule has 0 spiro atoms. The SMILES string of the molecule is CC(=O)C[n+]1ccc2c(ccn2C2CCc3ccc(Cl)cc3C2=O)c1. The van der Waals surface area contributed by atoms with Gasteiger partial charge in [0, 0.05) is 29.8 Å². The third-order valence-electron chi connectivity index (χ3n) is 4.79. The largest absolute Gasteiger partial charge is 0.336 e. The van der Waals surface area contributed by atoms with Crippen LogP contribution in [-0.2, 0) is 17.8 Å². The number of fused-ring (bicyclic) bond motifs is 2. The fourth-order valence-corrected chi connectivity index (χ4v) is 3.82. The molecule has 0 N–H and O–H groups in total. The fraction of sp³-hybridized carbons (Fsp3) is 0.250. The summed E-state index contributed by atoms with van der Waals surface area (Å²) in [6.07, 6.45) is 7.43. The molecule has 0 bridgehead atoms. The van der Waals surface area contributed by atoms with Crippen molar-refractivity contribution in [2.24, 2.45) is 0 Å². The molecule has 2 heterocycles. The highest BCUT2D eigenvalue weighted by atomic mass is 35.5. The van der Waals surface area contributed by atoms with E-state index in [9.17, 15) is 9.59 Å².